The Bertz CT molecular complexity index is 335. The Kier molecular flexibility index (Phi) is 2.02. The highest BCUT2D eigenvalue weighted by molar-refractivity contribution is 5.98. The van der Waals surface area contributed by atoms with Crippen molar-refractivity contribution >= 4 is 5.91 Å². The van der Waals surface area contributed by atoms with Gasteiger partial charge in [-0.15, -0.1) is 0 Å². The van der Waals surface area contributed by atoms with Crippen molar-refractivity contribution in [1.29, 1.82) is 0 Å². The first kappa shape index (κ1) is 8.26. The van der Waals surface area contributed by atoms with Gasteiger partial charge in [0.2, 0.25) is 0 Å². The van der Waals surface area contributed by atoms with Gasteiger partial charge in [0, 0.05) is 17.7 Å². The molecule has 1 atom stereocenters. The third-order valence-corrected chi connectivity index (χ3v) is 2.08. The normalized spacial score (nSPS) is 19.8. The molecule has 0 bridgehead atoms. The van der Waals surface area contributed by atoms with Gasteiger partial charge in [-0.05, 0) is 13.0 Å². The summed E-state index contributed by atoms with van der Waals surface area (Å²) < 4.78 is 5.37. The number of ether oxygens (including phenoxy) is 1. The number of nitrogens with one attached hydrogen (secondary N) is 1. The average molecular weight is 177 g/mol. The van der Waals surface area contributed by atoms with Gasteiger partial charge in [-0.25, -0.2) is 0 Å². The van der Waals surface area contributed by atoms with Crippen LogP contribution in [0.1, 0.15) is 29.1 Å². The van der Waals surface area contributed by atoms with E-state index in [1.54, 1.807) is 0 Å². The van der Waals surface area contributed by atoms with Gasteiger partial charge in [-0.2, -0.15) is 0 Å². The maximum atomic E-state index is 11.4. The van der Waals surface area contributed by atoms with Crippen LogP contribution in [0.15, 0.2) is 24.3 Å². The highest BCUT2D eigenvalue weighted by Crippen LogP contribution is 2.25. The molecule has 0 spiro atoms. The van der Waals surface area contributed by atoms with Crippen LogP contribution in [-0.4, -0.2) is 12.5 Å². The highest BCUT2D eigenvalue weighted by Gasteiger charge is 2.27. The molecule has 0 saturated carbocycles. The van der Waals surface area contributed by atoms with Gasteiger partial charge in [0.05, 0.1) is 0 Å². The standard InChI is InChI=1S/C10H11NO2/c1-2-13-10-8-6-4-3-5-7(8)9(12)11-10/h3-6,10H,2H2,1H3,(H,11,12)/t10-/m0/s1. The molecule has 0 aliphatic carbocycles. The Balaban J connectivity index is 2.36. The molecule has 1 aliphatic heterocycles. The predicted octanol–water partition coefficient (Wildman–Crippen LogP) is 1.47. The Morgan fingerprint density at radius 3 is 3.00 bits per heavy atom. The Morgan fingerprint density at radius 2 is 2.23 bits per heavy atom. The fourth-order valence-corrected chi connectivity index (χ4v) is 1.51. The van der Waals surface area contributed by atoms with E-state index in [-0.39, 0.29) is 12.1 Å². The smallest absolute Gasteiger partial charge is 0.253 e. The van der Waals surface area contributed by atoms with Crippen LogP contribution in [0, 0.1) is 0 Å². The van der Waals surface area contributed by atoms with Crippen LogP contribution in [0.3, 0.4) is 0 Å². The minimum absolute atomic E-state index is 0.0472. The number of rotatable bonds is 2. The molecule has 0 unspecified atom stereocenters. The summed E-state index contributed by atoms with van der Waals surface area (Å²) >= 11 is 0. The first-order valence-corrected chi connectivity index (χ1v) is 4.34. The van der Waals surface area contributed by atoms with Crippen molar-refractivity contribution in [2.75, 3.05) is 6.61 Å². The lowest BCUT2D eigenvalue weighted by molar-refractivity contribution is 0.0418. The summed E-state index contributed by atoms with van der Waals surface area (Å²) in [7, 11) is 0. The van der Waals surface area contributed by atoms with Crippen molar-refractivity contribution in [2.45, 2.75) is 13.2 Å². The second kappa shape index (κ2) is 3.18. The Hall–Kier alpha value is -1.35. The molecule has 3 heteroatoms. The first-order chi connectivity index (χ1) is 6.33. The maximum Gasteiger partial charge on any atom is 0.253 e. The van der Waals surface area contributed by atoms with E-state index in [0.717, 1.165) is 11.1 Å². The van der Waals surface area contributed by atoms with Gasteiger partial charge < -0.3 is 10.1 Å². The fourth-order valence-electron chi connectivity index (χ4n) is 1.51. The molecule has 0 radical (unpaired) electrons. The van der Waals surface area contributed by atoms with Crippen molar-refractivity contribution in [3.8, 4) is 0 Å². The van der Waals surface area contributed by atoms with Gasteiger partial charge >= 0.3 is 0 Å². The second-order valence-corrected chi connectivity index (χ2v) is 2.90. The van der Waals surface area contributed by atoms with Crippen molar-refractivity contribution in [1.82, 2.24) is 5.32 Å². The number of amides is 1. The number of carbonyl (C=O) groups is 1. The van der Waals surface area contributed by atoms with E-state index in [2.05, 4.69) is 5.32 Å². The average Bonchev–Trinajstić information content (AvgIpc) is 2.46. The Morgan fingerprint density at radius 1 is 1.46 bits per heavy atom. The summed E-state index contributed by atoms with van der Waals surface area (Å²) in [6.45, 7) is 2.51. The summed E-state index contributed by atoms with van der Waals surface area (Å²) in [6, 6.07) is 7.48. The van der Waals surface area contributed by atoms with Gasteiger partial charge in [0.25, 0.3) is 5.91 Å². The van der Waals surface area contributed by atoms with Crippen LogP contribution in [0.5, 0.6) is 0 Å². The van der Waals surface area contributed by atoms with E-state index in [1.165, 1.54) is 0 Å². The van der Waals surface area contributed by atoms with E-state index in [0.29, 0.717) is 6.61 Å². The van der Waals surface area contributed by atoms with E-state index in [1.807, 2.05) is 31.2 Å². The summed E-state index contributed by atoms with van der Waals surface area (Å²) in [6.07, 6.45) is -0.256. The molecule has 1 amide bonds. The van der Waals surface area contributed by atoms with Crippen LogP contribution in [0.25, 0.3) is 0 Å². The van der Waals surface area contributed by atoms with Gasteiger partial charge in [-0.3, -0.25) is 4.79 Å². The molecule has 1 heterocycles. The van der Waals surface area contributed by atoms with Crippen LogP contribution in [-0.2, 0) is 4.74 Å². The monoisotopic (exact) mass is 177 g/mol. The minimum atomic E-state index is -0.256. The molecular weight excluding hydrogens is 166 g/mol. The lowest BCUT2D eigenvalue weighted by Crippen LogP contribution is -2.21. The predicted molar refractivity (Wildman–Crippen MR) is 48.3 cm³/mol. The zero-order chi connectivity index (χ0) is 9.26. The molecule has 13 heavy (non-hydrogen) atoms. The molecule has 1 aliphatic rings. The third-order valence-electron chi connectivity index (χ3n) is 2.08. The largest absolute Gasteiger partial charge is 0.354 e. The molecule has 2 rings (SSSR count). The molecule has 0 saturated heterocycles. The van der Waals surface area contributed by atoms with Crippen molar-refractivity contribution in [2.24, 2.45) is 0 Å². The summed E-state index contributed by atoms with van der Waals surface area (Å²) in [5.74, 6) is -0.0472. The van der Waals surface area contributed by atoms with Crippen LogP contribution < -0.4 is 5.32 Å². The maximum absolute atomic E-state index is 11.4. The lowest BCUT2D eigenvalue weighted by Gasteiger charge is -2.10. The molecule has 3 nitrogen and oxygen atoms in total. The zero-order valence-corrected chi connectivity index (χ0v) is 7.41. The van der Waals surface area contributed by atoms with Crippen molar-refractivity contribution in [3.63, 3.8) is 0 Å². The second-order valence-electron chi connectivity index (χ2n) is 2.90. The number of hydrogen-bond donors (Lipinski definition) is 1. The summed E-state index contributed by atoms with van der Waals surface area (Å²) in [5, 5.41) is 2.76. The first-order valence-electron chi connectivity index (χ1n) is 4.34. The van der Waals surface area contributed by atoms with Gasteiger partial charge in [-0.1, -0.05) is 18.2 Å². The van der Waals surface area contributed by atoms with Crippen molar-refractivity contribution < 1.29 is 9.53 Å². The van der Waals surface area contributed by atoms with Gasteiger partial charge in [0.1, 0.15) is 0 Å². The topological polar surface area (TPSA) is 38.3 Å². The quantitative estimate of drug-likeness (QED) is 0.742. The highest BCUT2D eigenvalue weighted by atomic mass is 16.5. The molecule has 1 aromatic rings. The lowest BCUT2D eigenvalue weighted by atomic mass is 10.1. The fraction of sp³-hybridized carbons (Fsp3) is 0.300. The van der Waals surface area contributed by atoms with E-state index in [9.17, 15) is 4.79 Å². The molecule has 0 fully saturated rings. The number of carbonyl (C=O) groups excluding carboxylic acids is 1. The van der Waals surface area contributed by atoms with E-state index < -0.39 is 0 Å². The molecular formula is C10H11NO2. The Labute approximate surface area is 76.7 Å². The molecule has 68 valence electrons. The summed E-state index contributed by atoms with van der Waals surface area (Å²) in [4.78, 5) is 11.4. The van der Waals surface area contributed by atoms with Crippen LogP contribution in [0.2, 0.25) is 0 Å². The van der Waals surface area contributed by atoms with Gasteiger partial charge in [0.15, 0.2) is 6.23 Å². The summed E-state index contributed by atoms with van der Waals surface area (Å²) in [5.41, 5.74) is 1.66. The molecule has 1 aromatic carbocycles. The third kappa shape index (κ3) is 1.31. The molecule has 1 N–H and O–H groups in total. The van der Waals surface area contributed by atoms with E-state index in [4.69, 9.17) is 4.74 Å². The zero-order valence-electron chi connectivity index (χ0n) is 7.41. The SMILES string of the molecule is CCO[C@@H]1NC(=O)c2ccccc21. The minimum Gasteiger partial charge on any atom is -0.354 e. The van der Waals surface area contributed by atoms with Crippen molar-refractivity contribution in [3.05, 3.63) is 35.4 Å². The van der Waals surface area contributed by atoms with E-state index >= 15 is 0 Å². The number of fused-ring (bicyclic) bond motifs is 1. The molecule has 0 aromatic heterocycles. The number of benzene rings is 1. The van der Waals surface area contributed by atoms with Crippen LogP contribution in [0.4, 0.5) is 0 Å². The van der Waals surface area contributed by atoms with Crippen LogP contribution >= 0.6 is 0 Å². The number of hydrogen-bond acceptors (Lipinski definition) is 2.